The van der Waals surface area contributed by atoms with Gasteiger partial charge in [-0.15, -0.1) is 0 Å². The standard InChI is InChI=1S/C19H23NO2/c1-19(2,3)13-18(20-21)16-9-11-17(12-10-16)22-14-15-7-5-4-6-8-15/h4-12,21H,13-14H2,1-3H3/b20-18+. The number of oxime groups is 1. The highest BCUT2D eigenvalue weighted by molar-refractivity contribution is 6.00. The average molecular weight is 297 g/mol. The van der Waals surface area contributed by atoms with Gasteiger partial charge in [0.15, 0.2) is 0 Å². The molecule has 2 aromatic carbocycles. The number of nitrogens with zero attached hydrogens (tertiary/aromatic N) is 1. The van der Waals surface area contributed by atoms with E-state index in [9.17, 15) is 5.21 Å². The topological polar surface area (TPSA) is 41.8 Å². The highest BCUT2D eigenvalue weighted by Gasteiger charge is 2.16. The number of benzene rings is 2. The average Bonchev–Trinajstić information content (AvgIpc) is 2.51. The highest BCUT2D eigenvalue weighted by Crippen LogP contribution is 2.23. The van der Waals surface area contributed by atoms with Crippen molar-refractivity contribution in [1.29, 1.82) is 0 Å². The lowest BCUT2D eigenvalue weighted by molar-refractivity contribution is 0.306. The molecule has 1 N–H and O–H groups in total. The van der Waals surface area contributed by atoms with Gasteiger partial charge in [-0.3, -0.25) is 0 Å². The molecule has 0 spiro atoms. The lowest BCUT2D eigenvalue weighted by atomic mass is 9.87. The first-order valence-corrected chi connectivity index (χ1v) is 7.46. The smallest absolute Gasteiger partial charge is 0.119 e. The van der Waals surface area contributed by atoms with Gasteiger partial charge in [-0.1, -0.05) is 56.3 Å². The molecule has 0 aliphatic carbocycles. The summed E-state index contributed by atoms with van der Waals surface area (Å²) in [6, 6.07) is 17.7. The molecule has 0 bridgehead atoms. The van der Waals surface area contributed by atoms with Gasteiger partial charge in [0.1, 0.15) is 12.4 Å². The van der Waals surface area contributed by atoms with Gasteiger partial charge < -0.3 is 9.94 Å². The zero-order valence-corrected chi connectivity index (χ0v) is 13.4. The Kier molecular flexibility index (Phi) is 5.21. The van der Waals surface area contributed by atoms with Crippen LogP contribution in [0.25, 0.3) is 0 Å². The van der Waals surface area contributed by atoms with E-state index < -0.39 is 0 Å². The number of hydrogen-bond acceptors (Lipinski definition) is 3. The first-order chi connectivity index (χ1) is 10.5. The fraction of sp³-hybridized carbons (Fsp3) is 0.316. The lowest BCUT2D eigenvalue weighted by Gasteiger charge is -2.18. The van der Waals surface area contributed by atoms with Crippen LogP contribution in [0.15, 0.2) is 59.8 Å². The van der Waals surface area contributed by atoms with Gasteiger partial charge in [-0.05, 0) is 47.2 Å². The Hall–Kier alpha value is -2.29. The van der Waals surface area contributed by atoms with Crippen LogP contribution in [0.3, 0.4) is 0 Å². The summed E-state index contributed by atoms with van der Waals surface area (Å²) in [6.07, 6.45) is 0.716. The molecule has 2 aromatic rings. The molecule has 0 fully saturated rings. The Morgan fingerprint density at radius 2 is 1.64 bits per heavy atom. The van der Waals surface area contributed by atoms with E-state index in [4.69, 9.17) is 4.74 Å². The molecule has 0 heterocycles. The van der Waals surface area contributed by atoms with E-state index in [-0.39, 0.29) is 5.41 Å². The van der Waals surface area contributed by atoms with Crippen LogP contribution in [0.4, 0.5) is 0 Å². The molecular weight excluding hydrogens is 274 g/mol. The largest absolute Gasteiger partial charge is 0.489 e. The molecule has 0 amide bonds. The van der Waals surface area contributed by atoms with Gasteiger partial charge >= 0.3 is 0 Å². The summed E-state index contributed by atoms with van der Waals surface area (Å²) in [5.74, 6) is 0.806. The van der Waals surface area contributed by atoms with Gasteiger partial charge in [0.05, 0.1) is 5.71 Å². The molecule has 0 saturated heterocycles. The maximum absolute atomic E-state index is 9.22. The molecule has 0 radical (unpaired) electrons. The third kappa shape index (κ3) is 4.92. The van der Waals surface area contributed by atoms with Gasteiger partial charge in [0.25, 0.3) is 0 Å². The van der Waals surface area contributed by atoms with Crippen molar-refractivity contribution in [2.75, 3.05) is 0 Å². The van der Waals surface area contributed by atoms with Crippen molar-refractivity contribution in [2.45, 2.75) is 33.8 Å². The third-order valence-electron chi connectivity index (χ3n) is 3.25. The summed E-state index contributed by atoms with van der Waals surface area (Å²) < 4.78 is 5.76. The van der Waals surface area contributed by atoms with Crippen LogP contribution in [0.1, 0.15) is 38.3 Å². The summed E-state index contributed by atoms with van der Waals surface area (Å²) in [5, 5.41) is 12.7. The molecule has 0 aliphatic heterocycles. The minimum absolute atomic E-state index is 0.0735. The maximum atomic E-state index is 9.22. The minimum Gasteiger partial charge on any atom is -0.489 e. The van der Waals surface area contributed by atoms with E-state index in [1.807, 2.05) is 54.6 Å². The Morgan fingerprint density at radius 3 is 2.18 bits per heavy atom. The molecule has 0 aliphatic rings. The molecular formula is C19H23NO2. The Bertz CT molecular complexity index is 610. The third-order valence-corrected chi connectivity index (χ3v) is 3.25. The van der Waals surface area contributed by atoms with E-state index in [0.29, 0.717) is 18.7 Å². The Labute approximate surface area is 132 Å². The number of ether oxygens (including phenoxy) is 1. The van der Waals surface area contributed by atoms with Gasteiger partial charge in [-0.25, -0.2) is 0 Å². The monoisotopic (exact) mass is 297 g/mol. The second-order valence-corrected chi connectivity index (χ2v) is 6.58. The highest BCUT2D eigenvalue weighted by atomic mass is 16.5. The predicted molar refractivity (Wildman–Crippen MR) is 89.6 cm³/mol. The molecule has 0 aromatic heterocycles. The zero-order chi connectivity index (χ0) is 16.0. The molecule has 22 heavy (non-hydrogen) atoms. The van der Waals surface area contributed by atoms with E-state index in [2.05, 4.69) is 25.9 Å². The van der Waals surface area contributed by atoms with Crippen LogP contribution in [-0.2, 0) is 6.61 Å². The summed E-state index contributed by atoms with van der Waals surface area (Å²) in [4.78, 5) is 0. The van der Waals surface area contributed by atoms with Crippen molar-refractivity contribution in [2.24, 2.45) is 10.6 Å². The fourth-order valence-corrected chi connectivity index (χ4v) is 2.18. The lowest BCUT2D eigenvalue weighted by Crippen LogP contribution is -2.14. The minimum atomic E-state index is 0.0735. The molecule has 0 atom stereocenters. The Morgan fingerprint density at radius 1 is 1.00 bits per heavy atom. The van der Waals surface area contributed by atoms with Crippen molar-refractivity contribution in [3.05, 3.63) is 65.7 Å². The zero-order valence-electron chi connectivity index (χ0n) is 13.4. The van der Waals surface area contributed by atoms with Crippen LogP contribution < -0.4 is 4.74 Å². The van der Waals surface area contributed by atoms with Gasteiger partial charge in [0, 0.05) is 0 Å². The molecule has 2 rings (SSSR count). The first kappa shape index (κ1) is 16.1. The van der Waals surface area contributed by atoms with Crippen LogP contribution in [0, 0.1) is 5.41 Å². The van der Waals surface area contributed by atoms with Crippen molar-refractivity contribution in [3.63, 3.8) is 0 Å². The van der Waals surface area contributed by atoms with E-state index in [1.165, 1.54) is 0 Å². The second-order valence-electron chi connectivity index (χ2n) is 6.58. The summed E-state index contributed by atoms with van der Waals surface area (Å²) >= 11 is 0. The first-order valence-electron chi connectivity index (χ1n) is 7.46. The van der Waals surface area contributed by atoms with Crippen LogP contribution in [-0.4, -0.2) is 10.9 Å². The van der Waals surface area contributed by atoms with Crippen LogP contribution in [0.5, 0.6) is 5.75 Å². The number of rotatable bonds is 5. The van der Waals surface area contributed by atoms with E-state index >= 15 is 0 Å². The quantitative estimate of drug-likeness (QED) is 0.485. The van der Waals surface area contributed by atoms with Crippen molar-refractivity contribution < 1.29 is 9.94 Å². The van der Waals surface area contributed by atoms with Crippen molar-refractivity contribution in [1.82, 2.24) is 0 Å². The molecule has 0 saturated carbocycles. The Balaban J connectivity index is 2.00. The molecule has 0 unspecified atom stereocenters. The van der Waals surface area contributed by atoms with Crippen LogP contribution >= 0.6 is 0 Å². The summed E-state index contributed by atoms with van der Waals surface area (Å²) in [6.45, 7) is 6.91. The maximum Gasteiger partial charge on any atom is 0.119 e. The predicted octanol–water partition coefficient (Wildman–Crippen LogP) is 4.88. The molecule has 3 nitrogen and oxygen atoms in total. The van der Waals surface area contributed by atoms with E-state index in [0.717, 1.165) is 16.9 Å². The van der Waals surface area contributed by atoms with Gasteiger partial charge in [-0.2, -0.15) is 0 Å². The molecule has 3 heteroatoms. The fourth-order valence-electron chi connectivity index (χ4n) is 2.18. The van der Waals surface area contributed by atoms with Crippen LogP contribution in [0.2, 0.25) is 0 Å². The van der Waals surface area contributed by atoms with Crippen molar-refractivity contribution in [3.8, 4) is 5.75 Å². The summed E-state index contributed by atoms with van der Waals surface area (Å²) in [7, 11) is 0. The second kappa shape index (κ2) is 7.12. The SMILES string of the molecule is CC(C)(C)C/C(=N\O)c1ccc(OCc2ccccc2)cc1. The van der Waals surface area contributed by atoms with Crippen molar-refractivity contribution >= 4 is 5.71 Å². The number of hydrogen-bond donors (Lipinski definition) is 1. The van der Waals surface area contributed by atoms with Gasteiger partial charge in [0.2, 0.25) is 0 Å². The van der Waals surface area contributed by atoms with E-state index in [1.54, 1.807) is 0 Å². The normalized spacial score (nSPS) is 12.2. The molecule has 116 valence electrons. The summed E-state index contributed by atoms with van der Waals surface area (Å²) in [5.41, 5.74) is 2.83.